The Hall–Kier alpha value is -0.370. The van der Waals surface area contributed by atoms with Gasteiger partial charge in [0, 0.05) is 11.6 Å². The molecule has 26 valence electrons. The van der Waals surface area contributed by atoms with Crippen molar-refractivity contribution in [3.05, 3.63) is 17.1 Å². The van der Waals surface area contributed by atoms with E-state index in [1.807, 2.05) is 0 Å². The molecule has 0 radical (unpaired) electrons. The van der Waals surface area contributed by atoms with Gasteiger partial charge in [-0.25, -0.2) is 0 Å². The normalized spacial score (nSPS) is 10.8. The first kappa shape index (κ1) is 1.92. The van der Waals surface area contributed by atoms with Crippen LogP contribution in [-0.2, 0) is 0 Å². The molecule has 0 aliphatic rings. The zero-order chi connectivity index (χ0) is 4.41. The van der Waals surface area contributed by atoms with E-state index >= 15 is 0 Å². The zero-order valence-electron chi connectivity index (χ0n) is 3.51. The fourth-order valence-corrected chi connectivity index (χ4v) is 0.456. The Morgan fingerprint density at radius 1 is 2.00 bits per heavy atom. The fraction of sp³-hybridized carbons (Fsp3) is 0. The Morgan fingerprint density at radius 2 is 3.00 bits per heavy atom. The van der Waals surface area contributed by atoms with E-state index in [2.05, 4.69) is 4.98 Å². The van der Waals surface area contributed by atoms with Gasteiger partial charge in [-0.05, 0) is 0 Å². The second-order valence-electron chi connectivity index (χ2n) is 0.619. The molecule has 0 amide bonds. The quantitative estimate of drug-likeness (QED) is 0.461. The Balaban J connectivity index is 3.05. The van der Waals surface area contributed by atoms with Gasteiger partial charge in [0.15, 0.2) is 0 Å². The summed E-state index contributed by atoms with van der Waals surface area (Å²) < 4.78 is 6.83. The van der Waals surface area contributed by atoms with Gasteiger partial charge in [-0.3, -0.25) is 4.98 Å². The van der Waals surface area contributed by atoms with E-state index in [9.17, 15) is 0 Å². The first-order valence-electron chi connectivity index (χ1n) is 1.74. The summed E-state index contributed by atoms with van der Waals surface area (Å²) in [5, 5.41) is 0.523. The molecule has 2 heteroatoms. The minimum atomic E-state index is 0.523. The van der Waals surface area contributed by atoms with Crippen LogP contribution in [0.5, 0.6) is 0 Å². The molecule has 1 heterocycles. The molecule has 0 unspecified atom stereocenters. The standard InChI is InChI=1S/C3H3NS/c1-2-5-3-4-1/h1-3H/i2D. The molecule has 1 aromatic rings. The molecule has 1 nitrogen and oxygen atoms in total. The van der Waals surface area contributed by atoms with Gasteiger partial charge < -0.3 is 0 Å². The Morgan fingerprint density at radius 3 is 3.20 bits per heavy atom. The van der Waals surface area contributed by atoms with Crippen LogP contribution >= 0.6 is 11.3 Å². The summed E-state index contributed by atoms with van der Waals surface area (Å²) in [6.07, 6.45) is 1.52. The lowest BCUT2D eigenvalue weighted by molar-refractivity contribution is 1.43. The van der Waals surface area contributed by atoms with Gasteiger partial charge >= 0.3 is 0 Å². The molecule has 0 aliphatic carbocycles. The van der Waals surface area contributed by atoms with Crippen LogP contribution in [0.25, 0.3) is 0 Å². The molecule has 0 N–H and O–H groups in total. The van der Waals surface area contributed by atoms with Crippen molar-refractivity contribution in [1.82, 2.24) is 4.98 Å². The fourth-order valence-electron chi connectivity index (χ4n) is 0.152. The summed E-state index contributed by atoms with van der Waals surface area (Å²) in [4.78, 5) is 3.65. The minimum absolute atomic E-state index is 0.523. The molecule has 0 spiro atoms. The maximum absolute atomic E-state index is 6.83. The summed E-state index contributed by atoms with van der Waals surface area (Å²) in [7, 11) is 0. The van der Waals surface area contributed by atoms with Gasteiger partial charge in [-0.15, -0.1) is 11.3 Å². The van der Waals surface area contributed by atoms with Crippen LogP contribution in [-0.4, -0.2) is 4.98 Å². The van der Waals surface area contributed by atoms with Crippen molar-refractivity contribution in [2.24, 2.45) is 0 Å². The number of aromatic nitrogens is 1. The molecule has 1 rings (SSSR count). The number of thiazole rings is 1. The highest BCUT2D eigenvalue weighted by molar-refractivity contribution is 7.07. The maximum Gasteiger partial charge on any atom is 0.0791 e. The smallest absolute Gasteiger partial charge is 0.0791 e. The van der Waals surface area contributed by atoms with E-state index in [1.54, 1.807) is 5.51 Å². The average Bonchev–Trinajstić information content (AvgIpc) is 1.86. The van der Waals surface area contributed by atoms with Crippen LogP contribution < -0.4 is 0 Å². The third-order valence-electron chi connectivity index (χ3n) is 0.309. The van der Waals surface area contributed by atoms with E-state index in [4.69, 9.17) is 1.37 Å². The molecule has 0 fully saturated rings. The predicted octanol–water partition coefficient (Wildman–Crippen LogP) is 1.14. The predicted molar refractivity (Wildman–Crippen MR) is 22.1 cm³/mol. The molecule has 5 heavy (non-hydrogen) atoms. The third-order valence-corrected chi connectivity index (χ3v) is 0.777. The van der Waals surface area contributed by atoms with E-state index in [0.717, 1.165) is 0 Å². The molecule has 0 aromatic carbocycles. The van der Waals surface area contributed by atoms with E-state index in [0.29, 0.717) is 5.36 Å². The second-order valence-corrected chi connectivity index (χ2v) is 1.30. The Labute approximate surface area is 35.7 Å². The van der Waals surface area contributed by atoms with Crippen LogP contribution in [0.1, 0.15) is 1.37 Å². The molecule has 1 aromatic heterocycles. The van der Waals surface area contributed by atoms with Gasteiger partial charge in [0.2, 0.25) is 0 Å². The molecule has 0 saturated heterocycles. The summed E-state index contributed by atoms with van der Waals surface area (Å²) in [5.74, 6) is 0. The van der Waals surface area contributed by atoms with E-state index < -0.39 is 0 Å². The summed E-state index contributed by atoms with van der Waals surface area (Å²) in [6, 6.07) is 0. The topological polar surface area (TPSA) is 12.9 Å². The van der Waals surface area contributed by atoms with Crippen molar-refractivity contribution < 1.29 is 1.37 Å². The monoisotopic (exact) mass is 86.0 g/mol. The number of hydrogen-bond donors (Lipinski definition) is 0. The first-order valence-corrected chi connectivity index (χ1v) is 2.12. The highest BCUT2D eigenvalue weighted by Gasteiger charge is 1.59. The number of nitrogens with zero attached hydrogens (tertiary/aromatic N) is 1. The van der Waals surface area contributed by atoms with E-state index in [-0.39, 0.29) is 0 Å². The van der Waals surface area contributed by atoms with Gasteiger partial charge in [-0.2, -0.15) is 0 Å². The highest BCUT2D eigenvalue weighted by atomic mass is 32.1. The van der Waals surface area contributed by atoms with Crippen LogP contribution in [0.2, 0.25) is 0 Å². The van der Waals surface area contributed by atoms with Gasteiger partial charge in [0.1, 0.15) is 0 Å². The third kappa shape index (κ3) is 0.450. The second kappa shape index (κ2) is 1.17. The van der Waals surface area contributed by atoms with Crippen molar-refractivity contribution in [1.29, 1.82) is 0 Å². The van der Waals surface area contributed by atoms with Gasteiger partial charge in [0.05, 0.1) is 6.88 Å². The van der Waals surface area contributed by atoms with Crippen LogP contribution in [0.15, 0.2) is 17.1 Å². The van der Waals surface area contributed by atoms with E-state index in [1.165, 1.54) is 17.5 Å². The lowest BCUT2D eigenvalue weighted by atomic mass is 11.0. The molecule has 0 aliphatic heterocycles. The van der Waals surface area contributed by atoms with Crippen molar-refractivity contribution in [2.45, 2.75) is 0 Å². The van der Waals surface area contributed by atoms with Crippen molar-refractivity contribution in [3.63, 3.8) is 0 Å². The summed E-state index contributed by atoms with van der Waals surface area (Å²) >= 11 is 1.33. The Bertz CT molecular complexity index is 114. The van der Waals surface area contributed by atoms with Crippen LogP contribution in [0.4, 0.5) is 0 Å². The van der Waals surface area contributed by atoms with Gasteiger partial charge in [-0.1, -0.05) is 0 Å². The lowest BCUT2D eigenvalue weighted by Gasteiger charge is -1.41. The van der Waals surface area contributed by atoms with Crippen LogP contribution in [0.3, 0.4) is 0 Å². The van der Waals surface area contributed by atoms with Gasteiger partial charge in [0.25, 0.3) is 0 Å². The molecule has 0 saturated carbocycles. The van der Waals surface area contributed by atoms with Crippen molar-refractivity contribution in [3.8, 4) is 0 Å². The maximum atomic E-state index is 6.83. The SMILES string of the molecule is [2H]c1cncs1. The Kier molecular flexibility index (Phi) is 0.451. The lowest BCUT2D eigenvalue weighted by Crippen LogP contribution is -1.38. The molecular weight excluding hydrogens is 82.1 g/mol. The first-order chi connectivity index (χ1) is 2.89. The highest BCUT2D eigenvalue weighted by Crippen LogP contribution is 1.85. The minimum Gasteiger partial charge on any atom is -0.253 e. The van der Waals surface area contributed by atoms with Crippen molar-refractivity contribution in [2.75, 3.05) is 0 Å². The number of hydrogen-bond acceptors (Lipinski definition) is 2. The largest absolute Gasteiger partial charge is 0.253 e. The summed E-state index contributed by atoms with van der Waals surface area (Å²) in [5.41, 5.74) is 1.64. The molecule has 0 bridgehead atoms. The zero-order valence-corrected chi connectivity index (χ0v) is 3.33. The molecule has 0 atom stereocenters. The average molecular weight is 86.1 g/mol. The number of rotatable bonds is 0. The van der Waals surface area contributed by atoms with Crippen molar-refractivity contribution >= 4 is 11.3 Å². The summed E-state index contributed by atoms with van der Waals surface area (Å²) in [6.45, 7) is 0. The van der Waals surface area contributed by atoms with Crippen LogP contribution in [0, 0.1) is 0 Å². The molecular formula is C3H3NS.